The molecule has 2 N–H and O–H groups in total. The van der Waals surface area contributed by atoms with Gasteiger partial charge in [0.05, 0.1) is 5.60 Å². The third-order valence-corrected chi connectivity index (χ3v) is 9.08. The van der Waals surface area contributed by atoms with Crippen molar-refractivity contribution < 1.29 is 19.7 Å². The van der Waals surface area contributed by atoms with Crippen molar-refractivity contribution in [3.05, 3.63) is 23.8 Å². The molecule has 0 bridgehead atoms. The molecule has 0 radical (unpaired) electrons. The van der Waals surface area contributed by atoms with E-state index in [0.717, 1.165) is 38.5 Å². The molecule has 1 aliphatic heterocycles. The zero-order chi connectivity index (χ0) is 18.8. The lowest BCUT2D eigenvalue weighted by Gasteiger charge is -2.58. The molecule has 1 heterocycles. The van der Waals surface area contributed by atoms with E-state index in [2.05, 4.69) is 13.0 Å². The maximum absolute atomic E-state index is 12.0. The first-order valence-corrected chi connectivity index (χ1v) is 10.9. The molecule has 1 spiro atoms. The fraction of sp³-hybridized carbons (Fsp3) is 0.783. The van der Waals surface area contributed by atoms with E-state index in [4.69, 9.17) is 4.74 Å². The summed E-state index contributed by atoms with van der Waals surface area (Å²) in [6, 6.07) is 0. The van der Waals surface area contributed by atoms with Crippen LogP contribution in [0.4, 0.5) is 0 Å². The Labute approximate surface area is 161 Å². The number of aliphatic hydroxyl groups excluding tert-OH is 2. The third kappa shape index (κ3) is 2.36. The van der Waals surface area contributed by atoms with Gasteiger partial charge in [-0.3, -0.25) is 4.79 Å². The fourth-order valence-corrected chi connectivity index (χ4v) is 8.06. The van der Waals surface area contributed by atoms with Crippen LogP contribution in [-0.2, 0) is 9.53 Å². The van der Waals surface area contributed by atoms with Crippen molar-refractivity contribution >= 4 is 5.78 Å². The van der Waals surface area contributed by atoms with Crippen LogP contribution in [0, 0.1) is 35.0 Å². The van der Waals surface area contributed by atoms with Crippen molar-refractivity contribution in [1.29, 1.82) is 0 Å². The lowest BCUT2D eigenvalue weighted by atomic mass is 9.48. The van der Waals surface area contributed by atoms with Crippen LogP contribution in [0.3, 0.4) is 0 Å². The monoisotopic (exact) mass is 372 g/mol. The minimum absolute atomic E-state index is 0.105. The van der Waals surface area contributed by atoms with Crippen LogP contribution in [0.1, 0.15) is 58.3 Å². The van der Waals surface area contributed by atoms with Crippen LogP contribution in [0.25, 0.3) is 0 Å². The number of hydrogen-bond acceptors (Lipinski definition) is 4. The zero-order valence-corrected chi connectivity index (χ0v) is 16.3. The minimum Gasteiger partial charge on any atom is -0.396 e. The molecular formula is C23H32O4. The van der Waals surface area contributed by atoms with Crippen LogP contribution in [0.5, 0.6) is 0 Å². The normalized spacial score (nSPS) is 51.1. The Morgan fingerprint density at radius 3 is 2.78 bits per heavy atom. The highest BCUT2D eigenvalue weighted by Crippen LogP contribution is 2.68. The Morgan fingerprint density at radius 1 is 1.22 bits per heavy atom. The number of fused-ring (bicyclic) bond motifs is 6. The van der Waals surface area contributed by atoms with E-state index in [0.29, 0.717) is 30.1 Å². The molecule has 27 heavy (non-hydrogen) atoms. The van der Waals surface area contributed by atoms with Gasteiger partial charge in [0.15, 0.2) is 12.1 Å². The Morgan fingerprint density at radius 2 is 2.07 bits per heavy atom. The van der Waals surface area contributed by atoms with E-state index in [9.17, 15) is 15.0 Å². The van der Waals surface area contributed by atoms with Gasteiger partial charge in [-0.1, -0.05) is 18.6 Å². The lowest BCUT2D eigenvalue weighted by Crippen LogP contribution is -2.55. The van der Waals surface area contributed by atoms with E-state index in [1.165, 1.54) is 12.0 Å². The molecule has 3 fully saturated rings. The van der Waals surface area contributed by atoms with E-state index < -0.39 is 6.29 Å². The molecule has 0 aromatic heterocycles. The summed E-state index contributed by atoms with van der Waals surface area (Å²) in [6.07, 6.45) is 13.3. The van der Waals surface area contributed by atoms with Gasteiger partial charge in [0.25, 0.3) is 0 Å². The van der Waals surface area contributed by atoms with Gasteiger partial charge in [-0.2, -0.15) is 0 Å². The molecule has 4 aliphatic carbocycles. The summed E-state index contributed by atoms with van der Waals surface area (Å²) in [6.45, 7) is 2.45. The number of aliphatic hydroxyl groups is 2. The van der Waals surface area contributed by atoms with Crippen LogP contribution < -0.4 is 0 Å². The topological polar surface area (TPSA) is 66.8 Å². The first kappa shape index (κ1) is 18.1. The summed E-state index contributed by atoms with van der Waals surface area (Å²) in [5, 5.41) is 20.2. The first-order valence-electron chi connectivity index (χ1n) is 10.9. The number of ether oxygens (including phenoxy) is 1. The predicted octanol–water partition coefficient (Wildman–Crippen LogP) is 3.38. The second-order valence-electron chi connectivity index (χ2n) is 9.65. The smallest absolute Gasteiger partial charge is 0.175 e. The van der Waals surface area contributed by atoms with Gasteiger partial charge in [0, 0.05) is 24.4 Å². The maximum Gasteiger partial charge on any atom is 0.175 e. The summed E-state index contributed by atoms with van der Waals surface area (Å²) < 4.78 is 6.17. The molecule has 3 saturated carbocycles. The van der Waals surface area contributed by atoms with Gasteiger partial charge in [0.2, 0.25) is 0 Å². The quantitative estimate of drug-likeness (QED) is 0.729. The Kier molecular flexibility index (Phi) is 4.20. The number of carbonyl (C=O) groups is 1. The SMILES string of the molecule is CC[C@]12CCC3C(C[C@H](CO)C4=CC(=O)CC[C@@H]43)C1CC[C@@]21C=CC(O)O1. The Bertz CT molecular complexity index is 696. The second kappa shape index (κ2) is 6.27. The Hall–Kier alpha value is -0.970. The van der Waals surface area contributed by atoms with E-state index in [1.807, 2.05) is 12.2 Å². The third-order valence-electron chi connectivity index (χ3n) is 9.08. The molecule has 148 valence electrons. The van der Waals surface area contributed by atoms with Gasteiger partial charge >= 0.3 is 0 Å². The number of hydrogen-bond donors (Lipinski definition) is 2. The van der Waals surface area contributed by atoms with Gasteiger partial charge in [-0.25, -0.2) is 0 Å². The van der Waals surface area contributed by atoms with Gasteiger partial charge < -0.3 is 14.9 Å². The second-order valence-corrected chi connectivity index (χ2v) is 9.65. The highest BCUT2D eigenvalue weighted by molar-refractivity contribution is 5.91. The molecule has 8 atom stereocenters. The molecule has 5 aliphatic rings. The summed E-state index contributed by atoms with van der Waals surface area (Å²) in [5.41, 5.74) is 1.05. The number of ketones is 1. The van der Waals surface area contributed by atoms with Crippen LogP contribution in [0.2, 0.25) is 0 Å². The average Bonchev–Trinajstić information content (AvgIpc) is 3.22. The van der Waals surface area contributed by atoms with E-state index in [1.54, 1.807) is 0 Å². The fourth-order valence-electron chi connectivity index (χ4n) is 8.06. The summed E-state index contributed by atoms with van der Waals surface area (Å²) >= 11 is 0. The highest BCUT2D eigenvalue weighted by atomic mass is 16.6. The molecule has 4 unspecified atom stereocenters. The first-order chi connectivity index (χ1) is 13.0. The largest absolute Gasteiger partial charge is 0.396 e. The number of carbonyl (C=O) groups excluding carboxylic acids is 1. The number of rotatable bonds is 2. The van der Waals surface area contributed by atoms with Crippen LogP contribution in [0.15, 0.2) is 23.8 Å². The van der Waals surface area contributed by atoms with Gasteiger partial charge in [0.1, 0.15) is 0 Å². The molecule has 4 heteroatoms. The Balaban J connectivity index is 1.51. The summed E-state index contributed by atoms with van der Waals surface area (Å²) in [5.74, 6) is 2.70. The van der Waals surface area contributed by atoms with Crippen molar-refractivity contribution in [2.45, 2.75) is 70.2 Å². The predicted molar refractivity (Wildman–Crippen MR) is 102 cm³/mol. The molecule has 4 nitrogen and oxygen atoms in total. The summed E-state index contributed by atoms with van der Waals surface area (Å²) in [7, 11) is 0. The van der Waals surface area contributed by atoms with E-state index >= 15 is 0 Å². The molecular weight excluding hydrogens is 340 g/mol. The van der Waals surface area contributed by atoms with Crippen LogP contribution >= 0.6 is 0 Å². The van der Waals surface area contributed by atoms with Crippen molar-refractivity contribution in [2.75, 3.05) is 6.61 Å². The standard InChI is InChI=1S/C23H32O4/c1-2-22-8-5-17-16-4-3-15(25)12-18(16)14(13-24)11-19(17)20(22)6-9-23(22)10-7-21(26)27-23/h7,10,12,14,16-17,19-21,24,26H,2-6,8-9,11,13H2,1H3/t14-,16-,17?,19?,20?,21?,22+,23-/m1/s1. The van der Waals surface area contributed by atoms with Crippen molar-refractivity contribution in [3.63, 3.8) is 0 Å². The van der Waals surface area contributed by atoms with Crippen LogP contribution in [-0.4, -0.2) is 34.5 Å². The van der Waals surface area contributed by atoms with Crippen molar-refractivity contribution in [3.8, 4) is 0 Å². The lowest BCUT2D eigenvalue weighted by molar-refractivity contribution is -0.189. The highest BCUT2D eigenvalue weighted by Gasteiger charge is 2.65. The minimum atomic E-state index is -0.764. The van der Waals surface area contributed by atoms with Crippen molar-refractivity contribution in [1.82, 2.24) is 0 Å². The summed E-state index contributed by atoms with van der Waals surface area (Å²) in [4.78, 5) is 12.0. The maximum atomic E-state index is 12.0. The molecule has 0 amide bonds. The van der Waals surface area contributed by atoms with Crippen molar-refractivity contribution in [2.24, 2.45) is 35.0 Å². The average molecular weight is 373 g/mol. The molecule has 0 aromatic rings. The van der Waals surface area contributed by atoms with Gasteiger partial charge in [-0.15, -0.1) is 0 Å². The molecule has 0 saturated heterocycles. The van der Waals surface area contributed by atoms with E-state index in [-0.39, 0.29) is 29.3 Å². The molecule has 0 aromatic carbocycles. The van der Waals surface area contributed by atoms with Gasteiger partial charge in [-0.05, 0) is 80.8 Å². The molecule has 5 rings (SSSR count). The zero-order valence-electron chi connectivity index (χ0n) is 16.3.